The zero-order valence-corrected chi connectivity index (χ0v) is 8.64. The summed E-state index contributed by atoms with van der Waals surface area (Å²) in [6.07, 6.45) is 11.2. The summed E-state index contributed by atoms with van der Waals surface area (Å²) in [7, 11) is 0. The van der Waals surface area contributed by atoms with Gasteiger partial charge in [0.15, 0.2) is 0 Å². The zero-order chi connectivity index (χ0) is 9.52. The van der Waals surface area contributed by atoms with Crippen molar-refractivity contribution in [3.8, 4) is 0 Å². The maximum Gasteiger partial charge on any atom is 0.120 e. The third-order valence-corrected chi connectivity index (χ3v) is 2.85. The van der Waals surface area contributed by atoms with Crippen LogP contribution in [0.25, 0.3) is 0 Å². The Morgan fingerprint density at radius 2 is 2.31 bits per heavy atom. The predicted octanol–water partition coefficient (Wildman–Crippen LogP) is 3.10. The topological polar surface area (TPSA) is 17.1 Å². The minimum absolute atomic E-state index is 0.641. The Bertz CT molecular complexity index is 261. The lowest BCUT2D eigenvalue weighted by Gasteiger charge is -1.97. The first kappa shape index (κ1) is 10.3. The standard InChI is InChI=1S/C11H14OS/c1-10-4-2-5-11(7-6-10)13-9-3-8-12/h4-8H,2-3,9H2,1H3. The number of carbonyl (C=O) groups is 1. The van der Waals surface area contributed by atoms with Gasteiger partial charge in [0.25, 0.3) is 0 Å². The van der Waals surface area contributed by atoms with Gasteiger partial charge < -0.3 is 4.79 Å². The smallest absolute Gasteiger partial charge is 0.120 e. The van der Waals surface area contributed by atoms with Crippen LogP contribution >= 0.6 is 11.8 Å². The second-order valence-electron chi connectivity index (χ2n) is 2.93. The molecule has 13 heavy (non-hydrogen) atoms. The first-order valence-corrected chi connectivity index (χ1v) is 5.43. The molecule has 0 fully saturated rings. The van der Waals surface area contributed by atoms with Crippen LogP contribution in [-0.2, 0) is 4.79 Å². The van der Waals surface area contributed by atoms with Gasteiger partial charge in [0, 0.05) is 17.1 Å². The van der Waals surface area contributed by atoms with Crippen LogP contribution in [0.3, 0.4) is 0 Å². The maximum atomic E-state index is 10.1. The molecule has 0 N–H and O–H groups in total. The maximum absolute atomic E-state index is 10.1. The van der Waals surface area contributed by atoms with Gasteiger partial charge in [-0.25, -0.2) is 0 Å². The van der Waals surface area contributed by atoms with Gasteiger partial charge in [-0.05, 0) is 19.4 Å². The van der Waals surface area contributed by atoms with Crippen molar-refractivity contribution in [3.63, 3.8) is 0 Å². The normalized spacial score (nSPS) is 16.1. The lowest BCUT2D eigenvalue weighted by Crippen LogP contribution is -1.80. The highest BCUT2D eigenvalue weighted by atomic mass is 32.2. The van der Waals surface area contributed by atoms with Crippen molar-refractivity contribution in [1.82, 2.24) is 0 Å². The van der Waals surface area contributed by atoms with Crippen molar-refractivity contribution >= 4 is 18.0 Å². The molecule has 1 nitrogen and oxygen atoms in total. The molecule has 1 aliphatic carbocycles. The highest BCUT2D eigenvalue weighted by Crippen LogP contribution is 2.21. The van der Waals surface area contributed by atoms with Crippen molar-refractivity contribution in [2.24, 2.45) is 0 Å². The molecule has 0 radical (unpaired) electrons. The Morgan fingerprint density at radius 1 is 1.46 bits per heavy atom. The van der Waals surface area contributed by atoms with Gasteiger partial charge in [0.2, 0.25) is 0 Å². The minimum Gasteiger partial charge on any atom is -0.303 e. The van der Waals surface area contributed by atoms with Crippen LogP contribution in [0.5, 0.6) is 0 Å². The molecule has 1 rings (SSSR count). The van der Waals surface area contributed by atoms with E-state index in [2.05, 4.69) is 31.2 Å². The Balaban J connectivity index is 2.39. The van der Waals surface area contributed by atoms with Crippen LogP contribution in [0.1, 0.15) is 19.8 Å². The van der Waals surface area contributed by atoms with Crippen LogP contribution in [0.2, 0.25) is 0 Å². The van der Waals surface area contributed by atoms with E-state index in [-0.39, 0.29) is 0 Å². The van der Waals surface area contributed by atoms with E-state index < -0.39 is 0 Å². The lowest BCUT2D eigenvalue weighted by atomic mass is 10.2. The van der Waals surface area contributed by atoms with Crippen molar-refractivity contribution in [3.05, 3.63) is 34.8 Å². The van der Waals surface area contributed by atoms with Gasteiger partial charge in [-0.1, -0.05) is 23.8 Å². The molecule has 0 atom stereocenters. The third-order valence-electron chi connectivity index (χ3n) is 1.77. The summed E-state index contributed by atoms with van der Waals surface area (Å²) >= 11 is 1.75. The molecule has 0 saturated carbocycles. The first-order chi connectivity index (χ1) is 6.33. The minimum atomic E-state index is 0.641. The molecule has 0 aliphatic heterocycles. The first-order valence-electron chi connectivity index (χ1n) is 4.44. The molecule has 2 heteroatoms. The lowest BCUT2D eigenvalue weighted by molar-refractivity contribution is -0.107. The van der Waals surface area contributed by atoms with E-state index in [1.165, 1.54) is 10.5 Å². The molecule has 0 bridgehead atoms. The van der Waals surface area contributed by atoms with Gasteiger partial charge >= 0.3 is 0 Å². The zero-order valence-electron chi connectivity index (χ0n) is 7.82. The number of thioether (sulfide) groups is 1. The molecule has 0 unspecified atom stereocenters. The number of allylic oxidation sites excluding steroid dienone is 5. The summed E-state index contributed by atoms with van der Waals surface area (Å²) in [5.74, 6) is 0.888. The molecule has 0 aromatic rings. The average molecular weight is 194 g/mol. The van der Waals surface area contributed by atoms with Crippen molar-refractivity contribution in [2.75, 3.05) is 5.75 Å². The molecule has 0 saturated heterocycles. The van der Waals surface area contributed by atoms with E-state index in [1.807, 2.05) is 0 Å². The molecule has 1 aliphatic rings. The molecule has 0 heterocycles. The largest absolute Gasteiger partial charge is 0.303 e. The van der Waals surface area contributed by atoms with Gasteiger partial charge in [-0.3, -0.25) is 0 Å². The fourth-order valence-electron chi connectivity index (χ4n) is 1.04. The van der Waals surface area contributed by atoms with E-state index in [0.717, 1.165) is 18.5 Å². The Morgan fingerprint density at radius 3 is 3.08 bits per heavy atom. The second-order valence-corrected chi connectivity index (χ2v) is 4.10. The molecule has 0 aromatic heterocycles. The van der Waals surface area contributed by atoms with Crippen molar-refractivity contribution in [1.29, 1.82) is 0 Å². The SMILES string of the molecule is CC1=CCC=C(SCCC=O)C=C1. The number of carbonyl (C=O) groups excluding carboxylic acids is 1. The van der Waals surface area contributed by atoms with E-state index >= 15 is 0 Å². The van der Waals surface area contributed by atoms with E-state index in [1.54, 1.807) is 11.8 Å². The number of hydrogen-bond donors (Lipinski definition) is 0. The van der Waals surface area contributed by atoms with E-state index in [4.69, 9.17) is 0 Å². The average Bonchev–Trinajstić information content (AvgIpc) is 2.32. The van der Waals surface area contributed by atoms with Gasteiger partial charge in [-0.2, -0.15) is 0 Å². The third kappa shape index (κ3) is 4.13. The van der Waals surface area contributed by atoms with Crippen molar-refractivity contribution < 1.29 is 4.79 Å². The molecule has 0 aromatic carbocycles. The molecular formula is C11H14OS. The monoisotopic (exact) mass is 194 g/mol. The number of aldehydes is 1. The summed E-state index contributed by atoms with van der Waals surface area (Å²) in [4.78, 5) is 11.4. The number of rotatable bonds is 4. The summed E-state index contributed by atoms with van der Waals surface area (Å²) in [5.41, 5.74) is 1.31. The number of hydrogen-bond acceptors (Lipinski definition) is 2. The highest BCUT2D eigenvalue weighted by Gasteiger charge is 1.96. The van der Waals surface area contributed by atoms with Gasteiger partial charge in [0.1, 0.15) is 6.29 Å². The molecule has 0 spiro atoms. The van der Waals surface area contributed by atoms with Crippen molar-refractivity contribution in [2.45, 2.75) is 19.8 Å². The van der Waals surface area contributed by atoms with Crippen LogP contribution in [0.4, 0.5) is 0 Å². The van der Waals surface area contributed by atoms with E-state index in [9.17, 15) is 4.79 Å². The Labute approximate surface area is 83.6 Å². The predicted molar refractivity (Wildman–Crippen MR) is 58.7 cm³/mol. The summed E-state index contributed by atoms with van der Waals surface area (Å²) in [5, 5.41) is 0. The Kier molecular flexibility index (Phi) is 4.61. The summed E-state index contributed by atoms with van der Waals surface area (Å²) < 4.78 is 0. The fourth-order valence-corrected chi connectivity index (χ4v) is 1.87. The van der Waals surface area contributed by atoms with Crippen LogP contribution in [-0.4, -0.2) is 12.0 Å². The van der Waals surface area contributed by atoms with Crippen LogP contribution in [0, 0.1) is 0 Å². The van der Waals surface area contributed by atoms with Gasteiger partial charge in [0.05, 0.1) is 0 Å². The van der Waals surface area contributed by atoms with Crippen LogP contribution in [0.15, 0.2) is 34.8 Å². The van der Waals surface area contributed by atoms with E-state index in [0.29, 0.717) is 6.42 Å². The molecule has 70 valence electrons. The molecular weight excluding hydrogens is 180 g/mol. The fraction of sp³-hybridized carbons (Fsp3) is 0.364. The van der Waals surface area contributed by atoms with Gasteiger partial charge in [-0.15, -0.1) is 11.8 Å². The molecule has 0 amide bonds. The van der Waals surface area contributed by atoms with Crippen LogP contribution < -0.4 is 0 Å². The summed E-state index contributed by atoms with van der Waals surface area (Å²) in [6, 6.07) is 0. The highest BCUT2D eigenvalue weighted by molar-refractivity contribution is 8.03. The second kappa shape index (κ2) is 5.81. The Hall–Kier alpha value is -0.760. The summed E-state index contributed by atoms with van der Waals surface area (Å²) in [6.45, 7) is 2.10. The quantitative estimate of drug-likeness (QED) is 0.505.